The van der Waals surface area contributed by atoms with Crippen molar-refractivity contribution in [2.45, 2.75) is 19.3 Å². The number of fused-ring (bicyclic) bond motifs is 1. The summed E-state index contributed by atoms with van der Waals surface area (Å²) in [6, 6.07) is 5.79. The first-order valence-corrected chi connectivity index (χ1v) is 10.9. The molecule has 0 unspecified atom stereocenters. The minimum Gasteiger partial charge on any atom is -0.496 e. The zero-order valence-corrected chi connectivity index (χ0v) is 16.2. The molecule has 0 spiro atoms. The van der Waals surface area contributed by atoms with E-state index in [1.54, 1.807) is 18.4 Å². The average molecular weight is 398 g/mol. The number of hydrogen-bond donors (Lipinski definition) is 2. The Bertz CT molecular complexity index is 887. The Morgan fingerprint density at radius 1 is 1.38 bits per heavy atom. The molecule has 1 aliphatic heterocycles. The number of ether oxygens (including phenoxy) is 1. The van der Waals surface area contributed by atoms with Crippen molar-refractivity contribution in [2.24, 2.45) is 11.1 Å². The predicted octanol–water partition coefficient (Wildman–Crippen LogP) is 1.95. The number of piperidine rings is 1. The molecular formula is C17H23N3O4S2. The lowest BCUT2D eigenvalue weighted by Gasteiger charge is -2.32. The minimum atomic E-state index is -3.63. The largest absolute Gasteiger partial charge is 0.496 e. The van der Waals surface area contributed by atoms with Gasteiger partial charge in [0.15, 0.2) is 0 Å². The predicted molar refractivity (Wildman–Crippen MR) is 103 cm³/mol. The van der Waals surface area contributed by atoms with Crippen molar-refractivity contribution in [2.75, 3.05) is 26.7 Å². The van der Waals surface area contributed by atoms with Crippen LogP contribution in [0.25, 0.3) is 10.1 Å². The molecule has 1 aromatic carbocycles. The van der Waals surface area contributed by atoms with Crippen LogP contribution < -0.4 is 14.6 Å². The molecule has 26 heavy (non-hydrogen) atoms. The summed E-state index contributed by atoms with van der Waals surface area (Å²) < 4.78 is 30.6. The van der Waals surface area contributed by atoms with Crippen molar-refractivity contribution >= 4 is 37.5 Å². The molecule has 1 saturated heterocycles. The molecule has 0 aliphatic carbocycles. The smallest absolute Gasteiger partial charge is 0.274 e. The summed E-state index contributed by atoms with van der Waals surface area (Å²) in [5.41, 5.74) is 0.691. The van der Waals surface area contributed by atoms with E-state index in [0.717, 1.165) is 35.1 Å². The number of likely N-dealkylation sites (tertiary alicyclic amines) is 1. The van der Waals surface area contributed by atoms with Gasteiger partial charge in [-0.1, -0.05) is 6.07 Å². The Balaban J connectivity index is 1.62. The van der Waals surface area contributed by atoms with Crippen molar-refractivity contribution in [3.05, 3.63) is 29.1 Å². The third-order valence-corrected chi connectivity index (χ3v) is 6.32. The number of hydrogen-bond acceptors (Lipinski definition) is 5. The maximum atomic E-state index is 13.0. The van der Waals surface area contributed by atoms with Gasteiger partial charge in [-0.05, 0) is 37.3 Å². The number of amides is 1. The van der Waals surface area contributed by atoms with E-state index in [4.69, 9.17) is 9.88 Å². The van der Waals surface area contributed by atoms with Crippen LogP contribution in [0.3, 0.4) is 0 Å². The first kappa shape index (κ1) is 19.1. The third kappa shape index (κ3) is 4.35. The lowest BCUT2D eigenvalue weighted by atomic mass is 9.93. The molecule has 9 heteroatoms. The fourth-order valence-electron chi connectivity index (χ4n) is 3.38. The summed E-state index contributed by atoms with van der Waals surface area (Å²) in [6.07, 6.45) is 2.45. The summed E-state index contributed by atoms with van der Waals surface area (Å²) in [6.45, 7) is 1.68. The Morgan fingerprint density at radius 2 is 2.12 bits per heavy atom. The van der Waals surface area contributed by atoms with Crippen molar-refractivity contribution in [1.82, 2.24) is 9.62 Å². The highest BCUT2D eigenvalue weighted by molar-refractivity contribution is 7.87. The van der Waals surface area contributed by atoms with E-state index in [-0.39, 0.29) is 5.91 Å². The molecule has 3 rings (SSSR count). The summed E-state index contributed by atoms with van der Waals surface area (Å²) in [7, 11) is -2.02. The quantitative estimate of drug-likeness (QED) is 0.778. The number of carbonyl (C=O) groups excluding carboxylic acids is 1. The average Bonchev–Trinajstić information content (AvgIpc) is 3.05. The zero-order chi connectivity index (χ0) is 18.7. The Hall–Kier alpha value is -1.68. The molecule has 2 heterocycles. The number of thiophene rings is 1. The molecule has 0 saturated carbocycles. The van der Waals surface area contributed by atoms with E-state index in [1.807, 2.05) is 28.5 Å². The van der Waals surface area contributed by atoms with E-state index in [1.165, 1.54) is 0 Å². The lowest BCUT2D eigenvalue weighted by molar-refractivity contribution is 0.0690. The molecule has 1 aliphatic rings. The van der Waals surface area contributed by atoms with Crippen molar-refractivity contribution in [3.8, 4) is 5.75 Å². The Kier molecular flexibility index (Phi) is 5.81. The molecule has 0 atom stereocenters. The van der Waals surface area contributed by atoms with Gasteiger partial charge in [-0.15, -0.1) is 11.3 Å². The maximum absolute atomic E-state index is 13.0. The van der Waals surface area contributed by atoms with Crippen LogP contribution in [0.2, 0.25) is 0 Å². The van der Waals surface area contributed by atoms with Crippen LogP contribution in [0.4, 0.5) is 0 Å². The fourth-order valence-corrected chi connectivity index (χ4v) is 4.74. The molecule has 0 radical (unpaired) electrons. The number of benzene rings is 1. The van der Waals surface area contributed by atoms with Gasteiger partial charge >= 0.3 is 0 Å². The van der Waals surface area contributed by atoms with Crippen LogP contribution in [-0.2, 0) is 10.2 Å². The first-order chi connectivity index (χ1) is 12.4. The summed E-state index contributed by atoms with van der Waals surface area (Å²) >= 11 is 1.55. The second-order valence-corrected chi connectivity index (χ2v) is 8.74. The molecular weight excluding hydrogens is 374 g/mol. The fraction of sp³-hybridized carbons (Fsp3) is 0.471. The number of methoxy groups -OCH3 is 1. The minimum absolute atomic E-state index is 0.0295. The Morgan fingerprint density at radius 3 is 2.77 bits per heavy atom. The van der Waals surface area contributed by atoms with Gasteiger partial charge < -0.3 is 9.64 Å². The van der Waals surface area contributed by atoms with Gasteiger partial charge in [0.05, 0.1) is 12.7 Å². The van der Waals surface area contributed by atoms with Gasteiger partial charge in [0.1, 0.15) is 5.75 Å². The van der Waals surface area contributed by atoms with Gasteiger partial charge in [-0.25, -0.2) is 9.86 Å². The normalized spacial score (nSPS) is 16.2. The number of carbonyl (C=O) groups is 1. The molecule has 1 fully saturated rings. The van der Waals surface area contributed by atoms with Gasteiger partial charge in [0.25, 0.3) is 16.1 Å². The van der Waals surface area contributed by atoms with Crippen LogP contribution in [0.5, 0.6) is 5.75 Å². The number of rotatable bonds is 6. The van der Waals surface area contributed by atoms with Crippen LogP contribution in [0.15, 0.2) is 23.6 Å². The molecule has 1 amide bonds. The van der Waals surface area contributed by atoms with Crippen LogP contribution in [0.1, 0.15) is 29.6 Å². The van der Waals surface area contributed by atoms with Gasteiger partial charge in [-0.2, -0.15) is 8.42 Å². The molecule has 3 N–H and O–H groups in total. The van der Waals surface area contributed by atoms with Gasteiger partial charge in [-0.3, -0.25) is 4.79 Å². The van der Waals surface area contributed by atoms with Crippen molar-refractivity contribution in [3.63, 3.8) is 0 Å². The van der Waals surface area contributed by atoms with E-state index in [2.05, 4.69) is 4.72 Å². The topological polar surface area (TPSA) is 102 Å². The van der Waals surface area contributed by atoms with E-state index < -0.39 is 10.2 Å². The Labute approximate surface area is 157 Å². The molecule has 142 valence electrons. The first-order valence-electron chi connectivity index (χ1n) is 8.50. The highest BCUT2D eigenvalue weighted by Crippen LogP contribution is 2.35. The highest BCUT2D eigenvalue weighted by Gasteiger charge is 2.26. The van der Waals surface area contributed by atoms with Gasteiger partial charge in [0.2, 0.25) is 0 Å². The van der Waals surface area contributed by atoms with Crippen LogP contribution in [-0.4, -0.2) is 46.0 Å². The lowest BCUT2D eigenvalue weighted by Crippen LogP contribution is -2.39. The highest BCUT2D eigenvalue weighted by atomic mass is 32.2. The second kappa shape index (κ2) is 7.91. The second-order valence-electron chi connectivity index (χ2n) is 6.45. The molecule has 0 bridgehead atoms. The van der Waals surface area contributed by atoms with Crippen LogP contribution >= 0.6 is 11.3 Å². The monoisotopic (exact) mass is 397 g/mol. The molecule has 7 nitrogen and oxygen atoms in total. The van der Waals surface area contributed by atoms with E-state index in [0.29, 0.717) is 31.1 Å². The number of nitrogens with one attached hydrogen (secondary N) is 1. The number of nitrogens with zero attached hydrogens (tertiary/aromatic N) is 1. The molecule has 1 aromatic heterocycles. The van der Waals surface area contributed by atoms with Gasteiger partial charge in [0, 0.05) is 35.1 Å². The number of nitrogens with two attached hydrogens (primary N) is 1. The summed E-state index contributed by atoms with van der Waals surface area (Å²) in [5.74, 6) is 1.14. The van der Waals surface area contributed by atoms with E-state index >= 15 is 0 Å². The van der Waals surface area contributed by atoms with E-state index in [9.17, 15) is 13.2 Å². The maximum Gasteiger partial charge on any atom is 0.274 e. The SMILES string of the molecule is COc1cccc2scc(C(=O)N3CCC(CCNS(N)(=O)=O)CC3)c12. The van der Waals surface area contributed by atoms with Crippen LogP contribution in [0, 0.1) is 5.92 Å². The van der Waals surface area contributed by atoms with Crippen molar-refractivity contribution in [1.29, 1.82) is 0 Å². The third-order valence-electron chi connectivity index (χ3n) is 4.77. The summed E-state index contributed by atoms with van der Waals surface area (Å²) in [4.78, 5) is 14.8. The zero-order valence-electron chi connectivity index (χ0n) is 14.6. The molecule has 2 aromatic rings. The van der Waals surface area contributed by atoms with Crippen molar-refractivity contribution < 1.29 is 17.9 Å². The summed E-state index contributed by atoms with van der Waals surface area (Å²) in [5, 5.41) is 7.71. The standard InChI is InChI=1S/C17H23N3O4S2/c1-24-14-3-2-4-15-16(14)13(11-25-15)17(21)20-9-6-12(7-10-20)5-8-19-26(18,22)23/h2-4,11-12,19H,5-10H2,1H3,(H2,18,22,23).